The van der Waals surface area contributed by atoms with Crippen molar-refractivity contribution in [3.8, 4) is 0 Å². The molecule has 0 spiro atoms. The maximum absolute atomic E-state index is 11.4. The third-order valence-corrected chi connectivity index (χ3v) is 5.67. The number of carbonyl (C=O) groups is 1. The first-order chi connectivity index (χ1) is 10.0. The van der Waals surface area contributed by atoms with Crippen molar-refractivity contribution >= 4 is 14.8 Å². The van der Waals surface area contributed by atoms with Gasteiger partial charge in [0.05, 0.1) is 12.7 Å². The number of ether oxygens (including phenoxy) is 1. The summed E-state index contributed by atoms with van der Waals surface area (Å²) >= 11 is 0. The van der Waals surface area contributed by atoms with Gasteiger partial charge in [0.15, 0.2) is 0 Å². The molecule has 0 bridgehead atoms. The maximum Gasteiger partial charge on any atom is 0.504 e. The van der Waals surface area contributed by atoms with Crippen LogP contribution >= 0.6 is 0 Å². The Bertz CT molecular complexity index is 296. The van der Waals surface area contributed by atoms with Crippen LogP contribution in [0.3, 0.4) is 0 Å². The summed E-state index contributed by atoms with van der Waals surface area (Å²) in [6, 6.07) is 0.468. The summed E-state index contributed by atoms with van der Waals surface area (Å²) in [5.74, 6) is -0.392. The van der Waals surface area contributed by atoms with Gasteiger partial charge >= 0.3 is 14.8 Å². The first kappa shape index (κ1) is 20.3. The van der Waals surface area contributed by atoms with Gasteiger partial charge in [-0.2, -0.15) is 0 Å². The quantitative estimate of drug-likeness (QED) is 0.226. The highest BCUT2D eigenvalue weighted by Gasteiger charge is 2.40. The van der Waals surface area contributed by atoms with Crippen molar-refractivity contribution in [3.63, 3.8) is 0 Å². The topological polar surface area (TPSA) is 54.0 Å². The third kappa shape index (κ3) is 9.03. The molecule has 0 atom stereocenters. The molecule has 0 aromatic rings. The molecule has 0 saturated heterocycles. The minimum Gasteiger partial charge on any atom is -0.462 e. The molecular weight excluding hydrogens is 288 g/mol. The van der Waals surface area contributed by atoms with Crippen LogP contribution in [-0.4, -0.2) is 41.7 Å². The monoisotopic (exact) mass is 318 g/mol. The van der Waals surface area contributed by atoms with Crippen molar-refractivity contribution in [2.45, 2.75) is 52.5 Å². The number of hydrogen-bond acceptors (Lipinski definition) is 5. The summed E-state index contributed by atoms with van der Waals surface area (Å²) in [5, 5.41) is 0. The second kappa shape index (κ2) is 11.9. The van der Waals surface area contributed by atoms with Crippen LogP contribution in [0.15, 0.2) is 12.2 Å². The Labute approximate surface area is 130 Å². The highest BCUT2D eigenvalue weighted by atomic mass is 28.4. The van der Waals surface area contributed by atoms with Gasteiger partial charge in [-0.25, -0.2) is 4.79 Å². The van der Waals surface area contributed by atoms with Crippen molar-refractivity contribution < 1.29 is 22.8 Å². The number of unbranched alkanes of at least 4 members (excludes halogenated alkanes) is 2. The maximum atomic E-state index is 11.4. The van der Waals surface area contributed by atoms with E-state index in [1.54, 1.807) is 14.0 Å². The molecule has 0 heterocycles. The van der Waals surface area contributed by atoms with E-state index in [4.69, 9.17) is 18.0 Å². The molecule has 0 saturated carbocycles. The van der Waals surface area contributed by atoms with E-state index < -0.39 is 14.8 Å². The first-order valence-electron chi connectivity index (χ1n) is 7.67. The van der Waals surface area contributed by atoms with Gasteiger partial charge in [-0.05, 0) is 19.8 Å². The molecule has 0 aromatic heterocycles. The minimum atomic E-state index is -2.75. The van der Waals surface area contributed by atoms with Gasteiger partial charge in [0.2, 0.25) is 0 Å². The van der Waals surface area contributed by atoms with Gasteiger partial charge in [0.25, 0.3) is 0 Å². The number of rotatable bonds is 13. The molecule has 0 aliphatic rings. The van der Waals surface area contributed by atoms with Crippen molar-refractivity contribution in [1.82, 2.24) is 0 Å². The Hall–Kier alpha value is -0.693. The third-order valence-electron chi connectivity index (χ3n) is 2.94. The molecule has 0 unspecified atom stereocenters. The summed E-state index contributed by atoms with van der Waals surface area (Å²) in [4.78, 5) is 11.4. The van der Waals surface area contributed by atoms with Crippen molar-refractivity contribution in [3.05, 3.63) is 12.2 Å². The molecule has 0 aliphatic carbocycles. The molecular formula is C15H30O5Si. The van der Waals surface area contributed by atoms with Gasteiger partial charge in [-0.1, -0.05) is 33.3 Å². The van der Waals surface area contributed by atoms with Crippen LogP contribution in [0.4, 0.5) is 0 Å². The van der Waals surface area contributed by atoms with Crippen molar-refractivity contribution in [1.29, 1.82) is 0 Å². The average Bonchev–Trinajstić information content (AvgIpc) is 2.47. The Morgan fingerprint density at radius 3 is 1.95 bits per heavy atom. The van der Waals surface area contributed by atoms with Crippen molar-refractivity contribution in [2.24, 2.45) is 0 Å². The normalized spacial score (nSPS) is 11.4. The lowest BCUT2D eigenvalue weighted by Crippen LogP contribution is -2.46. The molecule has 0 aliphatic heterocycles. The highest BCUT2D eigenvalue weighted by molar-refractivity contribution is 6.60. The molecule has 0 rings (SSSR count). The van der Waals surface area contributed by atoms with Gasteiger partial charge < -0.3 is 18.0 Å². The predicted octanol–water partition coefficient (Wildman–Crippen LogP) is 3.32. The van der Waals surface area contributed by atoms with Gasteiger partial charge in [0.1, 0.15) is 0 Å². The van der Waals surface area contributed by atoms with Crippen molar-refractivity contribution in [2.75, 3.05) is 26.9 Å². The molecule has 0 aromatic carbocycles. The van der Waals surface area contributed by atoms with Crippen LogP contribution in [0.2, 0.25) is 6.04 Å². The second-order valence-electron chi connectivity index (χ2n) is 4.96. The predicted molar refractivity (Wildman–Crippen MR) is 85.1 cm³/mol. The molecule has 0 N–H and O–H groups in total. The number of esters is 1. The van der Waals surface area contributed by atoms with E-state index in [0.717, 1.165) is 25.7 Å². The lowest BCUT2D eigenvalue weighted by molar-refractivity contribution is -0.138. The SMILES string of the molecule is C=C(C)C(=O)OCC[Si](OC)(OCCCC)OCCCC. The largest absolute Gasteiger partial charge is 0.504 e. The van der Waals surface area contributed by atoms with E-state index in [9.17, 15) is 4.79 Å². The summed E-state index contributed by atoms with van der Waals surface area (Å²) in [6.07, 6.45) is 4.02. The highest BCUT2D eigenvalue weighted by Crippen LogP contribution is 2.17. The van der Waals surface area contributed by atoms with E-state index in [2.05, 4.69) is 20.4 Å². The summed E-state index contributed by atoms with van der Waals surface area (Å²) in [6.45, 7) is 10.8. The first-order valence-corrected chi connectivity index (χ1v) is 9.60. The van der Waals surface area contributed by atoms with E-state index in [1.165, 1.54) is 0 Å². The Balaban J connectivity index is 4.44. The molecule has 0 amide bonds. The summed E-state index contributed by atoms with van der Waals surface area (Å²) in [5.41, 5.74) is 0.387. The smallest absolute Gasteiger partial charge is 0.462 e. The fourth-order valence-corrected chi connectivity index (χ4v) is 3.62. The van der Waals surface area contributed by atoms with Crippen LogP contribution in [0.25, 0.3) is 0 Å². The van der Waals surface area contributed by atoms with Crippen LogP contribution in [-0.2, 0) is 22.8 Å². The van der Waals surface area contributed by atoms with Gasteiger partial charge in [0, 0.05) is 25.9 Å². The van der Waals surface area contributed by atoms with Gasteiger partial charge in [-0.3, -0.25) is 0 Å². The summed E-state index contributed by atoms with van der Waals surface area (Å²) < 4.78 is 22.5. The van der Waals surface area contributed by atoms with Gasteiger partial charge in [-0.15, -0.1) is 0 Å². The van der Waals surface area contributed by atoms with E-state index in [0.29, 0.717) is 24.8 Å². The Morgan fingerprint density at radius 1 is 1.05 bits per heavy atom. The average molecular weight is 318 g/mol. The van der Waals surface area contributed by atoms with E-state index in [1.807, 2.05) is 0 Å². The number of hydrogen-bond donors (Lipinski definition) is 0. The number of carbonyl (C=O) groups excluding carboxylic acids is 1. The molecule has 124 valence electrons. The molecule has 0 radical (unpaired) electrons. The van der Waals surface area contributed by atoms with Crippen LogP contribution in [0.5, 0.6) is 0 Å². The Morgan fingerprint density at radius 2 is 1.57 bits per heavy atom. The molecule has 6 heteroatoms. The van der Waals surface area contributed by atoms with E-state index >= 15 is 0 Å². The zero-order valence-corrected chi connectivity index (χ0v) is 14.9. The van der Waals surface area contributed by atoms with Crippen LogP contribution in [0.1, 0.15) is 46.5 Å². The van der Waals surface area contributed by atoms with E-state index in [-0.39, 0.29) is 6.61 Å². The summed E-state index contributed by atoms with van der Waals surface area (Å²) in [7, 11) is -1.15. The fraction of sp³-hybridized carbons (Fsp3) is 0.800. The second-order valence-corrected chi connectivity index (χ2v) is 7.81. The standard InChI is InChI=1S/C15H30O5Si/c1-6-8-10-19-21(17-5,20-11-9-7-2)13-12-18-15(16)14(3)4/h3,6-13H2,1-2,4-5H3. The fourth-order valence-electron chi connectivity index (χ4n) is 1.54. The van der Waals surface area contributed by atoms with Crippen LogP contribution in [0, 0.1) is 0 Å². The zero-order valence-electron chi connectivity index (χ0n) is 13.9. The molecule has 21 heavy (non-hydrogen) atoms. The lowest BCUT2D eigenvalue weighted by Gasteiger charge is -2.28. The molecule has 0 fully saturated rings. The lowest BCUT2D eigenvalue weighted by atomic mass is 10.4. The minimum absolute atomic E-state index is 0.226. The van der Waals surface area contributed by atoms with Crippen LogP contribution < -0.4 is 0 Å². The zero-order chi connectivity index (χ0) is 16.1. The Kier molecular flexibility index (Phi) is 11.5. The molecule has 5 nitrogen and oxygen atoms in total.